The van der Waals surface area contributed by atoms with E-state index in [-0.39, 0.29) is 19.9 Å². The van der Waals surface area contributed by atoms with E-state index >= 15 is 0 Å². The molecule has 158 valence electrons. The van der Waals surface area contributed by atoms with Crippen molar-refractivity contribution in [3.05, 3.63) is 83.4 Å². The first-order chi connectivity index (χ1) is 15.1. The van der Waals surface area contributed by atoms with E-state index in [1.54, 1.807) is 13.1 Å². The zero-order chi connectivity index (χ0) is 21.4. The van der Waals surface area contributed by atoms with E-state index in [0.717, 1.165) is 46.6 Å². The highest BCUT2D eigenvalue weighted by atomic mass is 16.7. The summed E-state index contributed by atoms with van der Waals surface area (Å²) in [4.78, 5) is 25.3. The predicted octanol–water partition coefficient (Wildman–Crippen LogP) is 4.53. The van der Waals surface area contributed by atoms with Crippen LogP contribution in [0, 0.1) is 0 Å². The van der Waals surface area contributed by atoms with Crippen LogP contribution in [0.15, 0.2) is 66.7 Å². The molecule has 0 spiro atoms. The van der Waals surface area contributed by atoms with Crippen molar-refractivity contribution >= 4 is 11.7 Å². The number of nitrogens with one attached hydrogen (secondary N) is 1. The summed E-state index contributed by atoms with van der Waals surface area (Å²) in [6, 6.07) is 21.3. The van der Waals surface area contributed by atoms with Crippen molar-refractivity contribution in [1.82, 2.24) is 5.32 Å². The Hall–Kier alpha value is -3.60. The molecule has 0 aromatic heterocycles. The minimum Gasteiger partial charge on any atom is -0.454 e. The molecule has 3 aromatic rings. The van der Waals surface area contributed by atoms with Crippen LogP contribution in [0.3, 0.4) is 0 Å². The lowest BCUT2D eigenvalue weighted by Crippen LogP contribution is -2.22. The maximum Gasteiger partial charge on any atom is 0.251 e. The van der Waals surface area contributed by atoms with Crippen molar-refractivity contribution in [2.75, 3.05) is 13.8 Å². The summed E-state index contributed by atoms with van der Waals surface area (Å²) >= 11 is 0. The Bertz CT molecular complexity index is 1190. The number of carbonyl (C=O) groups excluding carboxylic acids is 2. The molecule has 1 amide bonds. The van der Waals surface area contributed by atoms with Gasteiger partial charge in [-0.05, 0) is 59.4 Å². The third-order valence-corrected chi connectivity index (χ3v) is 6.19. The van der Waals surface area contributed by atoms with Crippen LogP contribution < -0.4 is 14.8 Å². The molecular formula is C26H25NO4. The van der Waals surface area contributed by atoms with Gasteiger partial charge in [-0.2, -0.15) is 0 Å². The Labute approximate surface area is 182 Å². The van der Waals surface area contributed by atoms with Crippen LogP contribution in [0.5, 0.6) is 11.5 Å². The van der Waals surface area contributed by atoms with Crippen LogP contribution in [0.4, 0.5) is 0 Å². The van der Waals surface area contributed by atoms with Crippen LogP contribution in [-0.2, 0) is 16.6 Å². The average Bonchev–Trinajstić information content (AvgIpc) is 3.49. The number of carbonyl (C=O) groups is 2. The first kappa shape index (κ1) is 19.4. The third kappa shape index (κ3) is 3.56. The van der Waals surface area contributed by atoms with Gasteiger partial charge in [0.05, 0.1) is 5.41 Å². The fourth-order valence-corrected chi connectivity index (χ4v) is 4.25. The largest absolute Gasteiger partial charge is 0.454 e. The Balaban J connectivity index is 0.00000245. The lowest BCUT2D eigenvalue weighted by Gasteiger charge is -2.16. The molecule has 31 heavy (non-hydrogen) atoms. The van der Waals surface area contributed by atoms with E-state index < -0.39 is 5.41 Å². The third-order valence-electron chi connectivity index (χ3n) is 6.19. The zero-order valence-corrected chi connectivity index (χ0v) is 17.3. The molecule has 1 N–H and O–H groups in total. The molecule has 0 unspecified atom stereocenters. The fourth-order valence-electron chi connectivity index (χ4n) is 4.25. The number of ether oxygens (including phenoxy) is 2. The molecule has 5 heteroatoms. The normalized spacial score (nSPS) is 15.4. The number of amides is 1. The molecule has 0 atom stereocenters. The molecule has 0 bridgehead atoms. The maximum atomic E-state index is 13.3. The van der Waals surface area contributed by atoms with Crippen LogP contribution in [0.1, 0.15) is 35.8 Å². The van der Waals surface area contributed by atoms with Gasteiger partial charge in [0.1, 0.15) is 5.78 Å². The van der Waals surface area contributed by atoms with Gasteiger partial charge in [-0.3, -0.25) is 9.59 Å². The molecule has 1 fully saturated rings. The second-order valence-electron chi connectivity index (χ2n) is 8.11. The number of ketones is 1. The molecule has 1 saturated carbocycles. The Morgan fingerprint density at radius 3 is 2.45 bits per heavy atom. The molecule has 1 aliphatic heterocycles. The van der Waals surface area contributed by atoms with Gasteiger partial charge in [0.25, 0.3) is 5.91 Å². The Morgan fingerprint density at radius 1 is 0.935 bits per heavy atom. The highest BCUT2D eigenvalue weighted by molar-refractivity contribution is 5.96. The van der Waals surface area contributed by atoms with E-state index in [2.05, 4.69) is 5.32 Å². The second kappa shape index (κ2) is 7.58. The number of hydrogen-bond donors (Lipinski definition) is 1. The predicted molar refractivity (Wildman–Crippen MR) is 120 cm³/mol. The van der Waals surface area contributed by atoms with E-state index in [4.69, 9.17) is 9.47 Å². The molecule has 2 aliphatic rings. The Kier molecular flexibility index (Phi) is 4.74. The van der Waals surface area contributed by atoms with Crippen LogP contribution >= 0.6 is 0 Å². The van der Waals surface area contributed by atoms with Gasteiger partial charge in [0, 0.05) is 20.5 Å². The minimum atomic E-state index is -0.421. The smallest absolute Gasteiger partial charge is 0.251 e. The summed E-state index contributed by atoms with van der Waals surface area (Å²) in [5.74, 6) is 1.56. The lowest BCUT2D eigenvalue weighted by atomic mass is 9.87. The number of Topliss-reactive ketones (excluding diaryl/α,β-unsaturated/α-hetero) is 1. The molecule has 1 heterocycles. The summed E-state index contributed by atoms with van der Waals surface area (Å²) in [5, 5.41) is 2.65. The average molecular weight is 415 g/mol. The SMILES string of the molecule is CNC(=O)c1cccc(-c2cccc(CC(=O)C3(c4ccc5c(c4)OCO5)CC3)c2)c1.[HH]. The molecule has 1 aliphatic carbocycles. The number of hydrogen-bond acceptors (Lipinski definition) is 4. The Morgan fingerprint density at radius 2 is 1.68 bits per heavy atom. The van der Waals surface area contributed by atoms with Gasteiger partial charge < -0.3 is 14.8 Å². The number of fused-ring (bicyclic) bond motifs is 1. The first-order valence-electron chi connectivity index (χ1n) is 10.4. The van der Waals surface area contributed by atoms with Crippen molar-refractivity contribution in [2.24, 2.45) is 0 Å². The highest BCUT2D eigenvalue weighted by Crippen LogP contribution is 2.51. The van der Waals surface area contributed by atoms with Crippen molar-refractivity contribution in [2.45, 2.75) is 24.7 Å². The van der Waals surface area contributed by atoms with Crippen molar-refractivity contribution in [3.8, 4) is 22.6 Å². The molecule has 0 radical (unpaired) electrons. The maximum absolute atomic E-state index is 13.3. The molecule has 3 aromatic carbocycles. The lowest BCUT2D eigenvalue weighted by molar-refractivity contribution is -0.120. The van der Waals surface area contributed by atoms with E-state index in [1.807, 2.05) is 60.7 Å². The summed E-state index contributed by atoms with van der Waals surface area (Å²) in [7, 11) is 1.62. The number of rotatable bonds is 6. The minimum absolute atomic E-state index is 0. The van der Waals surface area contributed by atoms with Gasteiger partial charge in [-0.15, -0.1) is 0 Å². The van der Waals surface area contributed by atoms with Crippen molar-refractivity contribution in [3.63, 3.8) is 0 Å². The summed E-state index contributed by atoms with van der Waals surface area (Å²) in [6.07, 6.45) is 2.09. The van der Waals surface area contributed by atoms with Gasteiger partial charge in [0.2, 0.25) is 6.79 Å². The van der Waals surface area contributed by atoms with Gasteiger partial charge in [-0.25, -0.2) is 0 Å². The highest BCUT2D eigenvalue weighted by Gasteiger charge is 2.50. The summed E-state index contributed by atoms with van der Waals surface area (Å²) in [6.45, 7) is 0.230. The van der Waals surface area contributed by atoms with Crippen LogP contribution in [-0.4, -0.2) is 25.5 Å². The van der Waals surface area contributed by atoms with E-state index in [1.165, 1.54) is 0 Å². The monoisotopic (exact) mass is 415 g/mol. The van der Waals surface area contributed by atoms with Crippen LogP contribution in [0.2, 0.25) is 0 Å². The topological polar surface area (TPSA) is 64.6 Å². The quantitative estimate of drug-likeness (QED) is 0.642. The van der Waals surface area contributed by atoms with Crippen LogP contribution in [0.25, 0.3) is 11.1 Å². The van der Waals surface area contributed by atoms with Gasteiger partial charge >= 0.3 is 0 Å². The van der Waals surface area contributed by atoms with E-state index in [0.29, 0.717) is 12.0 Å². The molecular weight excluding hydrogens is 390 g/mol. The molecule has 5 rings (SSSR count). The van der Waals surface area contributed by atoms with Crippen molar-refractivity contribution < 1.29 is 20.5 Å². The molecule has 5 nitrogen and oxygen atoms in total. The zero-order valence-electron chi connectivity index (χ0n) is 17.3. The summed E-state index contributed by atoms with van der Waals surface area (Å²) < 4.78 is 10.9. The first-order valence-corrected chi connectivity index (χ1v) is 10.4. The fraction of sp³-hybridized carbons (Fsp3) is 0.231. The second-order valence-corrected chi connectivity index (χ2v) is 8.11. The van der Waals surface area contributed by atoms with Crippen molar-refractivity contribution in [1.29, 1.82) is 0 Å². The number of benzene rings is 3. The van der Waals surface area contributed by atoms with Gasteiger partial charge in [0.15, 0.2) is 11.5 Å². The molecule has 0 saturated heterocycles. The van der Waals surface area contributed by atoms with E-state index in [9.17, 15) is 9.59 Å². The standard InChI is InChI=1S/C26H23NO4.H2/c1-27-25(29)20-7-3-6-19(14-20)18-5-2-4-17(12-18)13-24(28)26(10-11-26)21-8-9-22-23(15-21)31-16-30-22;/h2-9,12,14-15H,10-11,13,16H2,1H3,(H,27,29);1H. The van der Waals surface area contributed by atoms with Gasteiger partial charge in [-0.1, -0.05) is 42.5 Å². The summed E-state index contributed by atoms with van der Waals surface area (Å²) in [5.41, 5.74) is 4.12.